The van der Waals surface area contributed by atoms with Crippen LogP contribution < -0.4 is 11.0 Å². The van der Waals surface area contributed by atoms with Crippen molar-refractivity contribution >= 4 is 28.5 Å². The van der Waals surface area contributed by atoms with Crippen LogP contribution in [0.3, 0.4) is 0 Å². The van der Waals surface area contributed by atoms with Crippen molar-refractivity contribution in [2.45, 2.75) is 13.0 Å². The summed E-state index contributed by atoms with van der Waals surface area (Å²) in [6.07, 6.45) is 1.48. The van der Waals surface area contributed by atoms with Gasteiger partial charge in [-0.2, -0.15) is 0 Å². The first kappa shape index (κ1) is 18.1. The van der Waals surface area contributed by atoms with Gasteiger partial charge in [-0.05, 0) is 37.3 Å². The number of aromatic nitrogens is 2. The van der Waals surface area contributed by atoms with E-state index in [9.17, 15) is 14.4 Å². The van der Waals surface area contributed by atoms with Gasteiger partial charge in [0.2, 0.25) is 5.91 Å². The number of amides is 2. The van der Waals surface area contributed by atoms with Gasteiger partial charge in [-0.3, -0.25) is 14.5 Å². The number of carbonyl (C=O) groups is 2. The zero-order valence-electron chi connectivity index (χ0n) is 15.4. The number of carbonyl (C=O) groups excluding carboxylic acids is 2. The van der Waals surface area contributed by atoms with E-state index in [4.69, 9.17) is 4.42 Å². The normalized spacial score (nSPS) is 16.2. The topological polar surface area (TPSA) is 114 Å². The van der Waals surface area contributed by atoms with E-state index >= 15 is 0 Å². The largest absolute Gasteiger partial charge is 0.459 e. The van der Waals surface area contributed by atoms with E-state index in [2.05, 4.69) is 15.3 Å². The number of aromatic amines is 2. The van der Waals surface area contributed by atoms with Crippen LogP contribution in [0.5, 0.6) is 0 Å². The zero-order chi connectivity index (χ0) is 19.7. The summed E-state index contributed by atoms with van der Waals surface area (Å²) in [7, 11) is 0. The van der Waals surface area contributed by atoms with Crippen LogP contribution in [0.4, 0.5) is 5.69 Å². The zero-order valence-corrected chi connectivity index (χ0v) is 15.4. The van der Waals surface area contributed by atoms with Crippen molar-refractivity contribution in [1.29, 1.82) is 0 Å². The standard InChI is InChI=1S/C19H21N5O4/c1-12(17(25)20-13-4-5-14-15(11-13)22-19(27)21-14)23-6-8-24(9-7-23)18(26)16-3-2-10-28-16/h2-5,10-12H,6-9H2,1H3,(H,20,25)(H2,21,22,27). The lowest BCUT2D eigenvalue weighted by Crippen LogP contribution is -2.54. The minimum absolute atomic E-state index is 0.129. The summed E-state index contributed by atoms with van der Waals surface area (Å²) in [5.74, 6) is 0.0658. The van der Waals surface area contributed by atoms with Gasteiger partial charge in [0, 0.05) is 31.9 Å². The number of furan rings is 1. The summed E-state index contributed by atoms with van der Waals surface area (Å²) < 4.78 is 5.17. The molecule has 0 bridgehead atoms. The lowest BCUT2D eigenvalue weighted by molar-refractivity contribution is -0.121. The predicted molar refractivity (Wildman–Crippen MR) is 103 cm³/mol. The Morgan fingerprint density at radius 1 is 1.11 bits per heavy atom. The maximum atomic E-state index is 12.6. The molecule has 3 heterocycles. The van der Waals surface area contributed by atoms with Crippen LogP contribution in [0.25, 0.3) is 11.0 Å². The van der Waals surface area contributed by atoms with Crippen LogP contribution in [-0.4, -0.2) is 63.8 Å². The van der Waals surface area contributed by atoms with Gasteiger partial charge in [-0.25, -0.2) is 4.79 Å². The Morgan fingerprint density at radius 2 is 1.86 bits per heavy atom. The van der Waals surface area contributed by atoms with Crippen molar-refractivity contribution < 1.29 is 14.0 Å². The molecule has 2 amide bonds. The molecule has 1 aromatic carbocycles. The molecule has 1 aliphatic rings. The fourth-order valence-corrected chi connectivity index (χ4v) is 3.39. The Labute approximate surface area is 160 Å². The lowest BCUT2D eigenvalue weighted by Gasteiger charge is -2.37. The van der Waals surface area contributed by atoms with E-state index in [1.54, 1.807) is 35.2 Å². The van der Waals surface area contributed by atoms with Crippen molar-refractivity contribution in [1.82, 2.24) is 19.8 Å². The molecule has 3 aromatic rings. The van der Waals surface area contributed by atoms with E-state index in [-0.39, 0.29) is 23.5 Å². The number of imidazole rings is 1. The molecule has 2 aromatic heterocycles. The number of benzene rings is 1. The number of anilines is 1. The molecule has 4 rings (SSSR count). The summed E-state index contributed by atoms with van der Waals surface area (Å²) >= 11 is 0. The number of H-pyrrole nitrogens is 2. The molecule has 1 fully saturated rings. The highest BCUT2D eigenvalue weighted by molar-refractivity contribution is 5.96. The summed E-state index contributed by atoms with van der Waals surface area (Å²) in [4.78, 5) is 45.4. The summed E-state index contributed by atoms with van der Waals surface area (Å²) in [5, 5.41) is 2.88. The molecule has 1 unspecified atom stereocenters. The summed E-state index contributed by atoms with van der Waals surface area (Å²) in [5.41, 5.74) is 1.66. The van der Waals surface area contributed by atoms with Gasteiger partial charge in [0.05, 0.1) is 23.3 Å². The number of rotatable bonds is 4. The first-order valence-corrected chi connectivity index (χ1v) is 9.11. The molecule has 0 aliphatic carbocycles. The highest BCUT2D eigenvalue weighted by Gasteiger charge is 2.28. The highest BCUT2D eigenvalue weighted by Crippen LogP contribution is 2.16. The smallest absolute Gasteiger partial charge is 0.323 e. The summed E-state index contributed by atoms with van der Waals surface area (Å²) in [6.45, 7) is 4.12. The van der Waals surface area contributed by atoms with Crippen LogP contribution in [0.1, 0.15) is 17.5 Å². The summed E-state index contributed by atoms with van der Waals surface area (Å²) in [6, 6.07) is 8.21. The molecule has 3 N–H and O–H groups in total. The van der Waals surface area contributed by atoms with E-state index in [0.29, 0.717) is 48.7 Å². The molecule has 9 heteroatoms. The maximum Gasteiger partial charge on any atom is 0.323 e. The SMILES string of the molecule is CC(C(=O)Nc1ccc2[nH]c(=O)[nH]c2c1)N1CCN(C(=O)c2ccco2)CC1. The van der Waals surface area contributed by atoms with Gasteiger partial charge in [-0.15, -0.1) is 0 Å². The third-order valence-electron chi connectivity index (χ3n) is 5.04. The molecule has 0 radical (unpaired) electrons. The monoisotopic (exact) mass is 383 g/mol. The van der Waals surface area contributed by atoms with Crippen molar-refractivity contribution in [3.63, 3.8) is 0 Å². The van der Waals surface area contributed by atoms with Gasteiger partial charge in [0.1, 0.15) is 0 Å². The molecular weight excluding hydrogens is 362 g/mol. The predicted octanol–water partition coefficient (Wildman–Crippen LogP) is 1.23. The average Bonchev–Trinajstić information content (AvgIpc) is 3.35. The second kappa shape index (κ2) is 7.35. The molecule has 9 nitrogen and oxygen atoms in total. The Morgan fingerprint density at radius 3 is 2.57 bits per heavy atom. The number of nitrogens with zero attached hydrogens (tertiary/aromatic N) is 2. The number of piperazine rings is 1. The van der Waals surface area contributed by atoms with Crippen molar-refractivity contribution in [3.8, 4) is 0 Å². The molecule has 28 heavy (non-hydrogen) atoms. The number of hydrogen-bond donors (Lipinski definition) is 3. The minimum Gasteiger partial charge on any atom is -0.459 e. The maximum absolute atomic E-state index is 12.6. The second-order valence-corrected chi connectivity index (χ2v) is 6.81. The van der Waals surface area contributed by atoms with Gasteiger partial charge >= 0.3 is 5.69 Å². The Bertz CT molecular complexity index is 1040. The average molecular weight is 383 g/mol. The second-order valence-electron chi connectivity index (χ2n) is 6.81. The molecule has 1 atom stereocenters. The van der Waals surface area contributed by atoms with Crippen LogP contribution in [0.2, 0.25) is 0 Å². The molecule has 1 saturated heterocycles. The molecule has 146 valence electrons. The molecule has 0 saturated carbocycles. The van der Waals surface area contributed by atoms with Crippen molar-refractivity contribution in [3.05, 3.63) is 52.8 Å². The van der Waals surface area contributed by atoms with Gasteiger partial charge in [0.15, 0.2) is 5.76 Å². The number of hydrogen-bond acceptors (Lipinski definition) is 5. The van der Waals surface area contributed by atoms with Crippen LogP contribution >= 0.6 is 0 Å². The van der Waals surface area contributed by atoms with Crippen molar-refractivity contribution in [2.24, 2.45) is 0 Å². The number of nitrogens with one attached hydrogen (secondary N) is 3. The van der Waals surface area contributed by atoms with Crippen LogP contribution in [0, 0.1) is 0 Å². The Hall–Kier alpha value is -3.33. The van der Waals surface area contributed by atoms with Gasteiger partial charge < -0.3 is 24.6 Å². The van der Waals surface area contributed by atoms with Crippen molar-refractivity contribution in [2.75, 3.05) is 31.5 Å². The molecule has 0 spiro atoms. The highest BCUT2D eigenvalue weighted by atomic mass is 16.3. The minimum atomic E-state index is -0.346. The molecular formula is C19H21N5O4. The van der Waals surface area contributed by atoms with E-state index < -0.39 is 0 Å². The lowest BCUT2D eigenvalue weighted by atomic mass is 10.2. The first-order valence-electron chi connectivity index (χ1n) is 9.11. The van der Waals surface area contributed by atoms with Gasteiger partial charge in [-0.1, -0.05) is 0 Å². The first-order chi connectivity index (χ1) is 13.5. The number of fused-ring (bicyclic) bond motifs is 1. The van der Waals surface area contributed by atoms with Gasteiger partial charge in [0.25, 0.3) is 5.91 Å². The van der Waals surface area contributed by atoms with E-state index in [0.717, 1.165) is 0 Å². The Kier molecular flexibility index (Phi) is 4.74. The van der Waals surface area contributed by atoms with Crippen LogP contribution in [-0.2, 0) is 4.79 Å². The fourth-order valence-electron chi connectivity index (χ4n) is 3.39. The third kappa shape index (κ3) is 3.56. The van der Waals surface area contributed by atoms with E-state index in [1.165, 1.54) is 6.26 Å². The van der Waals surface area contributed by atoms with Crippen LogP contribution in [0.15, 0.2) is 45.8 Å². The van der Waals surface area contributed by atoms with E-state index in [1.807, 2.05) is 11.8 Å². The quantitative estimate of drug-likeness (QED) is 0.627. The third-order valence-corrected chi connectivity index (χ3v) is 5.04. The molecule has 1 aliphatic heterocycles. The Balaban J connectivity index is 1.35. The fraction of sp³-hybridized carbons (Fsp3) is 0.316.